The summed E-state index contributed by atoms with van der Waals surface area (Å²) in [5.74, 6) is 0.947. The average molecular weight is 226 g/mol. The van der Waals surface area contributed by atoms with Gasteiger partial charge in [0, 0.05) is 31.8 Å². The summed E-state index contributed by atoms with van der Waals surface area (Å²) in [6.07, 6.45) is 5.28. The summed E-state index contributed by atoms with van der Waals surface area (Å²) in [6, 6.07) is 1.46. The molecule has 1 saturated heterocycles. The van der Waals surface area contributed by atoms with Gasteiger partial charge in [0.25, 0.3) is 0 Å². The Balaban J connectivity index is 1.76. The Kier molecular flexibility index (Phi) is 4.62. The van der Waals surface area contributed by atoms with E-state index in [-0.39, 0.29) is 0 Å². The van der Waals surface area contributed by atoms with Crippen molar-refractivity contribution in [3.63, 3.8) is 0 Å². The Hall–Kier alpha value is -0.120. The first-order valence-electron chi connectivity index (χ1n) is 6.82. The summed E-state index contributed by atoms with van der Waals surface area (Å²) < 4.78 is 5.42. The minimum absolute atomic E-state index is 0.720. The molecule has 2 fully saturated rings. The summed E-state index contributed by atoms with van der Waals surface area (Å²) in [5, 5.41) is 3.64. The van der Waals surface area contributed by atoms with Gasteiger partial charge in [-0.05, 0) is 45.2 Å². The minimum atomic E-state index is 0.720. The zero-order chi connectivity index (χ0) is 11.4. The van der Waals surface area contributed by atoms with Crippen molar-refractivity contribution in [1.29, 1.82) is 0 Å². The van der Waals surface area contributed by atoms with Crippen LogP contribution in [0, 0.1) is 5.92 Å². The van der Waals surface area contributed by atoms with Crippen LogP contribution in [0.4, 0.5) is 0 Å². The fraction of sp³-hybridized carbons (Fsp3) is 1.00. The van der Waals surface area contributed by atoms with E-state index >= 15 is 0 Å². The van der Waals surface area contributed by atoms with Gasteiger partial charge in [0.05, 0.1) is 0 Å². The van der Waals surface area contributed by atoms with E-state index in [4.69, 9.17) is 4.74 Å². The molecule has 0 spiro atoms. The topological polar surface area (TPSA) is 24.5 Å². The third-order valence-electron chi connectivity index (χ3n) is 3.96. The lowest BCUT2D eigenvalue weighted by Crippen LogP contribution is -2.46. The number of rotatable bonds is 6. The minimum Gasteiger partial charge on any atom is -0.381 e. The second kappa shape index (κ2) is 5.99. The molecule has 1 aliphatic carbocycles. The highest BCUT2D eigenvalue weighted by Gasteiger charge is 2.32. The zero-order valence-corrected chi connectivity index (χ0v) is 10.7. The van der Waals surface area contributed by atoms with Gasteiger partial charge in [-0.1, -0.05) is 6.92 Å². The third-order valence-corrected chi connectivity index (χ3v) is 3.96. The van der Waals surface area contributed by atoms with Crippen molar-refractivity contribution >= 4 is 0 Å². The van der Waals surface area contributed by atoms with Crippen LogP contribution in [0.1, 0.15) is 32.6 Å². The van der Waals surface area contributed by atoms with Crippen LogP contribution in [0.2, 0.25) is 0 Å². The van der Waals surface area contributed by atoms with E-state index in [0.29, 0.717) is 0 Å². The van der Waals surface area contributed by atoms with Crippen LogP contribution in [-0.4, -0.2) is 50.3 Å². The molecule has 1 N–H and O–H groups in total. The summed E-state index contributed by atoms with van der Waals surface area (Å²) in [7, 11) is 2.28. The third kappa shape index (κ3) is 3.44. The van der Waals surface area contributed by atoms with Gasteiger partial charge < -0.3 is 15.0 Å². The molecule has 2 rings (SSSR count). The lowest BCUT2D eigenvalue weighted by Gasteiger charge is -2.34. The summed E-state index contributed by atoms with van der Waals surface area (Å²) >= 11 is 0. The highest BCUT2D eigenvalue weighted by molar-refractivity contribution is 4.89. The van der Waals surface area contributed by atoms with E-state index < -0.39 is 0 Å². The Labute approximate surface area is 99.5 Å². The van der Waals surface area contributed by atoms with Crippen molar-refractivity contribution in [2.45, 2.75) is 44.7 Å². The largest absolute Gasteiger partial charge is 0.381 e. The smallest absolute Gasteiger partial charge is 0.0480 e. The lowest BCUT2D eigenvalue weighted by atomic mass is 10.1. The van der Waals surface area contributed by atoms with Gasteiger partial charge in [-0.3, -0.25) is 0 Å². The first-order chi connectivity index (χ1) is 7.81. The number of hydrogen-bond acceptors (Lipinski definition) is 3. The molecule has 1 aliphatic heterocycles. The molecule has 2 aliphatic rings. The van der Waals surface area contributed by atoms with Crippen LogP contribution in [0.25, 0.3) is 0 Å². The summed E-state index contributed by atoms with van der Waals surface area (Å²) in [4.78, 5) is 2.55. The highest BCUT2D eigenvalue weighted by atomic mass is 16.5. The van der Waals surface area contributed by atoms with Crippen LogP contribution in [0.15, 0.2) is 0 Å². The molecule has 0 amide bonds. The number of nitrogens with zero attached hydrogens (tertiary/aromatic N) is 1. The maximum absolute atomic E-state index is 5.42. The van der Waals surface area contributed by atoms with Gasteiger partial charge >= 0.3 is 0 Å². The summed E-state index contributed by atoms with van der Waals surface area (Å²) in [6.45, 7) is 6.42. The molecule has 3 nitrogen and oxygen atoms in total. The van der Waals surface area contributed by atoms with Crippen molar-refractivity contribution < 1.29 is 4.74 Å². The number of nitrogens with one attached hydrogen (secondary N) is 1. The van der Waals surface area contributed by atoms with Crippen molar-refractivity contribution in [1.82, 2.24) is 10.2 Å². The van der Waals surface area contributed by atoms with Crippen LogP contribution < -0.4 is 5.32 Å². The van der Waals surface area contributed by atoms with Gasteiger partial charge in [0.1, 0.15) is 0 Å². The first-order valence-corrected chi connectivity index (χ1v) is 6.82. The lowest BCUT2D eigenvalue weighted by molar-refractivity contribution is 0.0394. The van der Waals surface area contributed by atoms with Crippen LogP contribution in [-0.2, 0) is 4.74 Å². The molecular weight excluding hydrogens is 200 g/mol. The second-order valence-electron chi connectivity index (χ2n) is 5.28. The molecule has 3 heteroatoms. The molecule has 94 valence electrons. The standard InChI is InChI=1S/C13H26N2O/c1-3-14-13(11-4-5-11)10-15(2)12-6-8-16-9-7-12/h11-14H,3-10H2,1-2H3. The van der Waals surface area contributed by atoms with E-state index in [2.05, 4.69) is 24.2 Å². The second-order valence-corrected chi connectivity index (χ2v) is 5.28. The van der Waals surface area contributed by atoms with Crippen molar-refractivity contribution in [3.05, 3.63) is 0 Å². The molecule has 0 aromatic carbocycles. The van der Waals surface area contributed by atoms with E-state index in [9.17, 15) is 0 Å². The van der Waals surface area contributed by atoms with E-state index in [1.54, 1.807) is 0 Å². The molecule has 1 unspecified atom stereocenters. The van der Waals surface area contributed by atoms with Crippen LogP contribution >= 0.6 is 0 Å². The molecule has 0 bridgehead atoms. The van der Waals surface area contributed by atoms with Gasteiger partial charge in [0.15, 0.2) is 0 Å². The maximum atomic E-state index is 5.42. The molecule has 1 heterocycles. The van der Waals surface area contributed by atoms with Gasteiger partial charge in [-0.2, -0.15) is 0 Å². The fourth-order valence-corrected chi connectivity index (χ4v) is 2.73. The van der Waals surface area contributed by atoms with Crippen LogP contribution in [0.3, 0.4) is 0 Å². The first kappa shape index (κ1) is 12.3. The molecule has 1 saturated carbocycles. The Morgan fingerprint density at radius 1 is 1.25 bits per heavy atom. The predicted molar refractivity (Wildman–Crippen MR) is 66.7 cm³/mol. The van der Waals surface area contributed by atoms with Gasteiger partial charge in [0.2, 0.25) is 0 Å². The fourth-order valence-electron chi connectivity index (χ4n) is 2.73. The Morgan fingerprint density at radius 3 is 2.50 bits per heavy atom. The quantitative estimate of drug-likeness (QED) is 0.742. The molecule has 0 radical (unpaired) electrons. The number of ether oxygens (including phenoxy) is 1. The predicted octanol–water partition coefficient (Wildman–Crippen LogP) is 1.49. The SMILES string of the molecule is CCNC(CN(C)C1CCOCC1)C1CC1. The average Bonchev–Trinajstić information content (AvgIpc) is 3.13. The maximum Gasteiger partial charge on any atom is 0.0480 e. The van der Waals surface area contributed by atoms with Gasteiger partial charge in [-0.15, -0.1) is 0 Å². The van der Waals surface area contributed by atoms with Crippen molar-refractivity contribution in [2.24, 2.45) is 5.92 Å². The molecule has 0 aromatic rings. The van der Waals surface area contributed by atoms with E-state index in [1.165, 1.54) is 32.2 Å². The van der Waals surface area contributed by atoms with E-state index in [0.717, 1.165) is 37.8 Å². The molecular formula is C13H26N2O. The van der Waals surface area contributed by atoms with Gasteiger partial charge in [-0.25, -0.2) is 0 Å². The Morgan fingerprint density at radius 2 is 1.94 bits per heavy atom. The molecule has 0 aromatic heterocycles. The monoisotopic (exact) mass is 226 g/mol. The van der Waals surface area contributed by atoms with Crippen LogP contribution in [0.5, 0.6) is 0 Å². The van der Waals surface area contributed by atoms with Crippen molar-refractivity contribution in [3.8, 4) is 0 Å². The number of likely N-dealkylation sites (N-methyl/N-ethyl adjacent to an activating group) is 2. The summed E-state index contributed by atoms with van der Waals surface area (Å²) in [5.41, 5.74) is 0. The highest BCUT2D eigenvalue weighted by Crippen LogP contribution is 2.33. The zero-order valence-electron chi connectivity index (χ0n) is 10.7. The Bertz CT molecular complexity index is 200. The normalized spacial score (nSPS) is 24.9. The molecule has 16 heavy (non-hydrogen) atoms. The van der Waals surface area contributed by atoms with Crippen molar-refractivity contribution in [2.75, 3.05) is 33.4 Å². The molecule has 1 atom stereocenters. The number of hydrogen-bond donors (Lipinski definition) is 1. The van der Waals surface area contributed by atoms with E-state index in [1.807, 2.05) is 0 Å².